The normalized spacial score (nSPS) is 18.6. The van der Waals surface area contributed by atoms with Crippen LogP contribution in [0.5, 0.6) is 0 Å². The number of methoxy groups -OCH3 is 1. The standard InChI is InChI=1S/C11H21ClN3O/c1-10(2,12)13-14-11(3,4)15-8-6-7-9(15)16-5/h6-8H2,1-5H3/q+1/b14-13+. The molecular formula is C11H21ClN3O+. The third-order valence-corrected chi connectivity index (χ3v) is 2.58. The minimum Gasteiger partial charge on any atom is -0.451 e. The van der Waals surface area contributed by atoms with Crippen LogP contribution in [0.2, 0.25) is 0 Å². The lowest BCUT2D eigenvalue weighted by Crippen LogP contribution is -2.36. The zero-order chi connectivity index (χ0) is 12.4. The highest BCUT2D eigenvalue weighted by molar-refractivity contribution is 6.23. The third-order valence-electron chi connectivity index (χ3n) is 2.50. The van der Waals surface area contributed by atoms with E-state index in [-0.39, 0.29) is 0 Å². The van der Waals surface area contributed by atoms with Crippen LogP contribution in [0, 0.1) is 0 Å². The molecule has 0 N–H and O–H groups in total. The Kier molecular flexibility index (Phi) is 3.94. The van der Waals surface area contributed by atoms with Gasteiger partial charge in [-0.2, -0.15) is 9.69 Å². The lowest BCUT2D eigenvalue weighted by atomic mass is 10.2. The number of rotatable bonds is 3. The summed E-state index contributed by atoms with van der Waals surface area (Å²) in [7, 11) is 1.70. The second kappa shape index (κ2) is 4.70. The second-order valence-corrected chi connectivity index (χ2v) is 5.88. The van der Waals surface area contributed by atoms with Gasteiger partial charge in [0.15, 0.2) is 0 Å². The van der Waals surface area contributed by atoms with E-state index in [1.807, 2.05) is 27.7 Å². The van der Waals surface area contributed by atoms with Crippen molar-refractivity contribution in [2.45, 2.75) is 51.2 Å². The third kappa shape index (κ3) is 3.44. The predicted octanol–water partition coefficient (Wildman–Crippen LogP) is 3.00. The Morgan fingerprint density at radius 1 is 1.25 bits per heavy atom. The Balaban J connectivity index is 2.89. The molecule has 0 aromatic rings. The minimum atomic E-state index is -0.649. The Labute approximate surface area is 102 Å². The summed E-state index contributed by atoms with van der Waals surface area (Å²) in [5.41, 5.74) is -0.395. The van der Waals surface area contributed by atoms with Crippen molar-refractivity contribution in [3.8, 4) is 0 Å². The Morgan fingerprint density at radius 3 is 2.38 bits per heavy atom. The van der Waals surface area contributed by atoms with Crippen molar-refractivity contribution in [3.63, 3.8) is 0 Å². The number of alkyl halides is 1. The van der Waals surface area contributed by atoms with Crippen molar-refractivity contribution in [1.29, 1.82) is 0 Å². The summed E-state index contributed by atoms with van der Waals surface area (Å²) < 4.78 is 7.49. The van der Waals surface area contributed by atoms with Crippen LogP contribution in [0.1, 0.15) is 40.5 Å². The average Bonchev–Trinajstić information content (AvgIpc) is 2.62. The highest BCUT2D eigenvalue weighted by Gasteiger charge is 2.38. The number of nitrogens with zero attached hydrogens (tertiary/aromatic N) is 3. The van der Waals surface area contributed by atoms with E-state index in [9.17, 15) is 0 Å². The molecule has 4 nitrogen and oxygen atoms in total. The SMILES string of the molecule is COC1=[N+](C(C)(C)/N=N/C(C)(C)Cl)CCC1. The van der Waals surface area contributed by atoms with E-state index in [1.165, 1.54) is 0 Å². The molecule has 5 heteroatoms. The molecule has 0 aromatic carbocycles. The van der Waals surface area contributed by atoms with E-state index in [1.54, 1.807) is 7.11 Å². The summed E-state index contributed by atoms with van der Waals surface area (Å²) >= 11 is 6.00. The van der Waals surface area contributed by atoms with Crippen LogP contribution in [0.15, 0.2) is 10.2 Å². The minimum absolute atomic E-state index is 0.395. The Hall–Kier alpha value is -0.640. The van der Waals surface area contributed by atoms with E-state index in [2.05, 4.69) is 14.8 Å². The first-order valence-electron chi connectivity index (χ1n) is 5.57. The molecule has 92 valence electrons. The molecule has 1 aliphatic rings. The van der Waals surface area contributed by atoms with E-state index in [0.717, 1.165) is 25.3 Å². The van der Waals surface area contributed by atoms with Crippen molar-refractivity contribution < 1.29 is 9.31 Å². The van der Waals surface area contributed by atoms with Crippen LogP contribution in [0.4, 0.5) is 0 Å². The molecular weight excluding hydrogens is 226 g/mol. The fourth-order valence-electron chi connectivity index (χ4n) is 1.73. The van der Waals surface area contributed by atoms with Crippen molar-refractivity contribution in [3.05, 3.63) is 0 Å². The van der Waals surface area contributed by atoms with Crippen LogP contribution in [-0.4, -0.2) is 34.8 Å². The van der Waals surface area contributed by atoms with Crippen molar-refractivity contribution in [1.82, 2.24) is 0 Å². The van der Waals surface area contributed by atoms with Gasteiger partial charge in [-0.3, -0.25) is 0 Å². The molecule has 0 amide bonds. The molecule has 0 unspecified atom stereocenters. The maximum Gasteiger partial charge on any atom is 0.338 e. The van der Waals surface area contributed by atoms with Gasteiger partial charge in [0.1, 0.15) is 11.5 Å². The molecule has 0 spiro atoms. The molecule has 0 fully saturated rings. The zero-order valence-corrected chi connectivity index (χ0v) is 11.5. The van der Waals surface area contributed by atoms with Gasteiger partial charge in [0, 0.05) is 20.3 Å². The summed E-state index contributed by atoms with van der Waals surface area (Å²) in [6.07, 6.45) is 2.08. The monoisotopic (exact) mass is 246 g/mol. The van der Waals surface area contributed by atoms with E-state index in [0.29, 0.717) is 0 Å². The molecule has 1 heterocycles. The first-order chi connectivity index (χ1) is 7.26. The predicted molar refractivity (Wildman–Crippen MR) is 65.2 cm³/mol. The molecule has 0 saturated heterocycles. The van der Waals surface area contributed by atoms with Crippen LogP contribution in [0.3, 0.4) is 0 Å². The van der Waals surface area contributed by atoms with Gasteiger partial charge < -0.3 is 4.74 Å². The Morgan fingerprint density at radius 2 is 1.88 bits per heavy atom. The largest absolute Gasteiger partial charge is 0.451 e. The maximum absolute atomic E-state index is 6.00. The quantitative estimate of drug-likeness (QED) is 0.326. The van der Waals surface area contributed by atoms with Crippen molar-refractivity contribution in [2.75, 3.05) is 13.7 Å². The topological polar surface area (TPSA) is 37.0 Å². The van der Waals surface area contributed by atoms with Crippen LogP contribution >= 0.6 is 11.6 Å². The molecule has 0 bridgehead atoms. The summed E-state index contributed by atoms with van der Waals surface area (Å²) in [6.45, 7) is 8.63. The lowest BCUT2D eigenvalue weighted by Gasteiger charge is -2.17. The Bertz CT molecular complexity index is 316. The molecule has 0 aromatic heterocycles. The smallest absolute Gasteiger partial charge is 0.338 e. The zero-order valence-electron chi connectivity index (χ0n) is 10.7. The van der Waals surface area contributed by atoms with Gasteiger partial charge in [0.2, 0.25) is 0 Å². The first-order valence-corrected chi connectivity index (χ1v) is 5.94. The summed E-state index contributed by atoms with van der Waals surface area (Å²) in [5.74, 6) is 0.983. The lowest BCUT2D eigenvalue weighted by molar-refractivity contribution is -0.600. The molecule has 16 heavy (non-hydrogen) atoms. The number of halogens is 1. The molecule has 0 saturated carbocycles. The van der Waals surface area contributed by atoms with Gasteiger partial charge in [-0.25, -0.2) is 0 Å². The van der Waals surface area contributed by atoms with Crippen molar-refractivity contribution >= 4 is 17.5 Å². The van der Waals surface area contributed by atoms with Crippen LogP contribution in [-0.2, 0) is 4.74 Å². The first kappa shape index (κ1) is 13.4. The number of azo groups is 1. The van der Waals surface area contributed by atoms with E-state index < -0.39 is 10.7 Å². The van der Waals surface area contributed by atoms with Gasteiger partial charge in [-0.15, -0.1) is 5.11 Å². The number of hydrogen-bond acceptors (Lipinski definition) is 3. The summed E-state index contributed by atoms with van der Waals surface area (Å²) in [6, 6.07) is 0. The fraction of sp³-hybridized carbons (Fsp3) is 0.909. The van der Waals surface area contributed by atoms with Gasteiger partial charge in [0.25, 0.3) is 5.66 Å². The van der Waals surface area contributed by atoms with E-state index in [4.69, 9.17) is 16.3 Å². The number of ether oxygens (including phenoxy) is 1. The van der Waals surface area contributed by atoms with Crippen LogP contribution in [0.25, 0.3) is 0 Å². The molecule has 0 atom stereocenters. The average molecular weight is 247 g/mol. The maximum atomic E-state index is 6.00. The second-order valence-electron chi connectivity index (χ2n) is 4.96. The highest BCUT2D eigenvalue weighted by Crippen LogP contribution is 2.22. The molecule has 1 rings (SSSR count). The van der Waals surface area contributed by atoms with Gasteiger partial charge in [-0.1, -0.05) is 11.6 Å². The van der Waals surface area contributed by atoms with Gasteiger partial charge in [-0.05, 0) is 13.8 Å². The molecule has 1 aliphatic heterocycles. The van der Waals surface area contributed by atoms with Gasteiger partial charge in [0.05, 0.1) is 13.5 Å². The summed E-state index contributed by atoms with van der Waals surface area (Å²) in [4.78, 5) is -0.649. The van der Waals surface area contributed by atoms with Gasteiger partial charge >= 0.3 is 5.90 Å². The molecule has 0 radical (unpaired) electrons. The molecule has 0 aliphatic carbocycles. The highest BCUT2D eigenvalue weighted by atomic mass is 35.5. The summed E-state index contributed by atoms with van der Waals surface area (Å²) in [5, 5.41) is 8.45. The van der Waals surface area contributed by atoms with Crippen LogP contribution < -0.4 is 0 Å². The van der Waals surface area contributed by atoms with Crippen molar-refractivity contribution in [2.24, 2.45) is 10.2 Å². The van der Waals surface area contributed by atoms with E-state index >= 15 is 0 Å². The number of hydrogen-bond donors (Lipinski definition) is 0. The fourth-order valence-corrected chi connectivity index (χ4v) is 1.77.